The van der Waals surface area contributed by atoms with E-state index in [4.69, 9.17) is 0 Å². The van der Waals surface area contributed by atoms with E-state index in [1.165, 1.54) is 30.4 Å². The van der Waals surface area contributed by atoms with Gasteiger partial charge in [-0.05, 0) is 37.7 Å². The van der Waals surface area contributed by atoms with Gasteiger partial charge in [-0.15, -0.1) is 0 Å². The SMILES string of the molecule is CCCCC/C(=C\c1ccccc1)CN(C(=O)CC(C)C)[C@@H](C)CC. The van der Waals surface area contributed by atoms with Crippen LogP contribution in [0.25, 0.3) is 6.08 Å². The van der Waals surface area contributed by atoms with Crippen LogP contribution in [0, 0.1) is 5.92 Å². The van der Waals surface area contributed by atoms with Crippen molar-refractivity contribution < 1.29 is 4.79 Å². The van der Waals surface area contributed by atoms with Crippen molar-refractivity contribution in [3.05, 3.63) is 41.5 Å². The molecule has 0 aliphatic heterocycles. The number of nitrogens with zero attached hydrogens (tertiary/aromatic N) is 1. The first-order chi connectivity index (χ1) is 12.0. The van der Waals surface area contributed by atoms with Crippen molar-refractivity contribution in [2.24, 2.45) is 5.92 Å². The zero-order valence-electron chi connectivity index (χ0n) is 16.9. The first-order valence-corrected chi connectivity index (χ1v) is 10.0. The lowest BCUT2D eigenvalue weighted by atomic mass is 10.0. The molecule has 0 aliphatic rings. The number of rotatable bonds is 11. The number of hydrogen-bond acceptors (Lipinski definition) is 1. The molecule has 1 amide bonds. The summed E-state index contributed by atoms with van der Waals surface area (Å²) in [6.45, 7) is 11.6. The lowest BCUT2D eigenvalue weighted by Crippen LogP contribution is -2.40. The fourth-order valence-electron chi connectivity index (χ4n) is 2.98. The van der Waals surface area contributed by atoms with Crippen LogP contribution in [0.2, 0.25) is 0 Å². The zero-order valence-corrected chi connectivity index (χ0v) is 16.9. The van der Waals surface area contributed by atoms with Gasteiger partial charge in [-0.1, -0.05) is 82.5 Å². The Bertz CT molecular complexity index is 518. The van der Waals surface area contributed by atoms with E-state index in [1.54, 1.807) is 0 Å². The maximum Gasteiger partial charge on any atom is 0.223 e. The summed E-state index contributed by atoms with van der Waals surface area (Å²) in [5.74, 6) is 0.694. The highest BCUT2D eigenvalue weighted by molar-refractivity contribution is 5.77. The molecule has 2 nitrogen and oxygen atoms in total. The molecule has 1 atom stereocenters. The van der Waals surface area contributed by atoms with Crippen molar-refractivity contribution >= 4 is 12.0 Å². The number of benzene rings is 1. The van der Waals surface area contributed by atoms with Gasteiger partial charge in [0.25, 0.3) is 0 Å². The van der Waals surface area contributed by atoms with Gasteiger partial charge in [0.2, 0.25) is 5.91 Å². The van der Waals surface area contributed by atoms with Gasteiger partial charge < -0.3 is 4.90 Å². The lowest BCUT2D eigenvalue weighted by Gasteiger charge is -2.30. The number of carbonyl (C=O) groups is 1. The molecule has 0 unspecified atom stereocenters. The topological polar surface area (TPSA) is 20.3 Å². The summed E-state index contributed by atoms with van der Waals surface area (Å²) < 4.78 is 0. The third-order valence-electron chi connectivity index (χ3n) is 4.67. The van der Waals surface area contributed by atoms with Gasteiger partial charge in [0.15, 0.2) is 0 Å². The van der Waals surface area contributed by atoms with E-state index in [9.17, 15) is 4.79 Å². The van der Waals surface area contributed by atoms with Gasteiger partial charge in [-0.2, -0.15) is 0 Å². The van der Waals surface area contributed by atoms with Crippen LogP contribution in [-0.4, -0.2) is 23.4 Å². The Balaban J connectivity index is 2.96. The molecular weight excluding hydrogens is 306 g/mol. The zero-order chi connectivity index (χ0) is 18.7. The molecule has 0 saturated carbocycles. The number of unbranched alkanes of at least 4 members (excludes halogenated alkanes) is 2. The number of carbonyl (C=O) groups excluding carboxylic acids is 1. The Morgan fingerprint density at radius 1 is 1.08 bits per heavy atom. The van der Waals surface area contributed by atoms with E-state index >= 15 is 0 Å². The molecule has 0 radical (unpaired) electrons. The summed E-state index contributed by atoms with van der Waals surface area (Å²) >= 11 is 0. The van der Waals surface area contributed by atoms with E-state index in [2.05, 4.69) is 69.9 Å². The molecule has 1 rings (SSSR count). The second-order valence-electron chi connectivity index (χ2n) is 7.55. The molecule has 25 heavy (non-hydrogen) atoms. The van der Waals surface area contributed by atoms with E-state index < -0.39 is 0 Å². The highest BCUT2D eigenvalue weighted by Crippen LogP contribution is 2.19. The molecular formula is C23H37NO. The van der Waals surface area contributed by atoms with Crippen LogP contribution in [0.4, 0.5) is 0 Å². The minimum absolute atomic E-state index is 0.289. The third-order valence-corrected chi connectivity index (χ3v) is 4.67. The van der Waals surface area contributed by atoms with E-state index in [1.807, 2.05) is 6.07 Å². The normalized spacial score (nSPS) is 13.1. The van der Waals surface area contributed by atoms with E-state index in [-0.39, 0.29) is 6.04 Å². The van der Waals surface area contributed by atoms with E-state index in [0.29, 0.717) is 18.2 Å². The fraction of sp³-hybridized carbons (Fsp3) is 0.609. The molecule has 0 aromatic heterocycles. The van der Waals surface area contributed by atoms with Crippen LogP contribution in [0.15, 0.2) is 35.9 Å². The van der Waals surface area contributed by atoms with Crippen LogP contribution < -0.4 is 0 Å². The summed E-state index contributed by atoms with van der Waals surface area (Å²) in [5.41, 5.74) is 2.60. The third kappa shape index (κ3) is 8.38. The van der Waals surface area contributed by atoms with Gasteiger partial charge in [0, 0.05) is 19.0 Å². The Morgan fingerprint density at radius 3 is 2.32 bits per heavy atom. The van der Waals surface area contributed by atoms with Gasteiger partial charge >= 0.3 is 0 Å². The van der Waals surface area contributed by atoms with Crippen LogP contribution >= 0.6 is 0 Å². The van der Waals surface area contributed by atoms with Crippen molar-refractivity contribution in [3.63, 3.8) is 0 Å². The van der Waals surface area contributed by atoms with Gasteiger partial charge in [-0.25, -0.2) is 0 Å². The summed E-state index contributed by atoms with van der Waals surface area (Å²) in [7, 11) is 0. The Labute approximate surface area is 155 Å². The van der Waals surface area contributed by atoms with Crippen molar-refractivity contribution in [3.8, 4) is 0 Å². The Morgan fingerprint density at radius 2 is 1.76 bits per heavy atom. The summed E-state index contributed by atoms with van der Waals surface area (Å²) in [6.07, 6.45) is 8.66. The molecule has 0 aliphatic carbocycles. The molecule has 0 fully saturated rings. The largest absolute Gasteiger partial charge is 0.336 e. The molecule has 0 bridgehead atoms. The van der Waals surface area contributed by atoms with Crippen LogP contribution in [0.1, 0.15) is 78.7 Å². The standard InChI is InChI=1S/C23H37NO/c1-6-8-10-15-22(17-21-13-11-9-12-14-21)18-24(20(5)7-2)23(25)16-19(3)4/h9,11-14,17,19-20H,6-8,10,15-16,18H2,1-5H3/b22-17+/t20-/m0/s1. The monoisotopic (exact) mass is 343 g/mol. The van der Waals surface area contributed by atoms with Crippen molar-refractivity contribution in [2.75, 3.05) is 6.54 Å². The first kappa shape index (κ1) is 21.5. The maximum absolute atomic E-state index is 12.8. The highest BCUT2D eigenvalue weighted by atomic mass is 16.2. The maximum atomic E-state index is 12.8. The van der Waals surface area contributed by atoms with E-state index in [0.717, 1.165) is 19.4 Å². The van der Waals surface area contributed by atoms with Crippen molar-refractivity contribution in [2.45, 2.75) is 79.2 Å². The average molecular weight is 344 g/mol. The number of hydrogen-bond donors (Lipinski definition) is 0. The molecule has 0 heterocycles. The first-order valence-electron chi connectivity index (χ1n) is 10.0. The average Bonchev–Trinajstić information content (AvgIpc) is 2.59. The quantitative estimate of drug-likeness (QED) is 0.430. The molecule has 0 spiro atoms. The van der Waals surface area contributed by atoms with Crippen molar-refractivity contribution in [1.29, 1.82) is 0 Å². The molecule has 0 N–H and O–H groups in total. The minimum atomic E-state index is 0.289. The number of amides is 1. The van der Waals surface area contributed by atoms with Crippen LogP contribution in [-0.2, 0) is 4.79 Å². The lowest BCUT2D eigenvalue weighted by molar-refractivity contribution is -0.133. The minimum Gasteiger partial charge on any atom is -0.336 e. The summed E-state index contributed by atoms with van der Waals surface area (Å²) in [5, 5.41) is 0. The smallest absolute Gasteiger partial charge is 0.223 e. The predicted molar refractivity (Wildman–Crippen MR) is 109 cm³/mol. The van der Waals surface area contributed by atoms with Crippen LogP contribution in [0.5, 0.6) is 0 Å². The highest BCUT2D eigenvalue weighted by Gasteiger charge is 2.20. The van der Waals surface area contributed by atoms with Gasteiger partial charge in [-0.3, -0.25) is 4.79 Å². The van der Waals surface area contributed by atoms with Crippen molar-refractivity contribution in [1.82, 2.24) is 4.90 Å². The van der Waals surface area contributed by atoms with Gasteiger partial charge in [0.1, 0.15) is 0 Å². The second-order valence-corrected chi connectivity index (χ2v) is 7.55. The molecule has 140 valence electrons. The fourth-order valence-corrected chi connectivity index (χ4v) is 2.98. The predicted octanol–water partition coefficient (Wildman–Crippen LogP) is 6.32. The molecule has 0 saturated heterocycles. The summed E-state index contributed by atoms with van der Waals surface area (Å²) in [6, 6.07) is 10.8. The van der Waals surface area contributed by atoms with Gasteiger partial charge in [0.05, 0.1) is 0 Å². The molecule has 1 aromatic carbocycles. The Kier molecular flexibility index (Phi) is 10.2. The summed E-state index contributed by atoms with van der Waals surface area (Å²) in [4.78, 5) is 14.9. The molecule has 2 heteroatoms. The second kappa shape index (κ2) is 11.9. The molecule has 1 aromatic rings. The Hall–Kier alpha value is -1.57. The van der Waals surface area contributed by atoms with Crippen LogP contribution in [0.3, 0.4) is 0 Å².